The normalized spacial score (nSPS) is 13.7. The van der Waals surface area contributed by atoms with Gasteiger partial charge in [0, 0.05) is 23.5 Å². The average molecular weight is 847 g/mol. The van der Waals surface area contributed by atoms with E-state index in [2.05, 4.69) is 41.0 Å². The fourth-order valence-corrected chi connectivity index (χ4v) is 6.69. The summed E-state index contributed by atoms with van der Waals surface area (Å²) in [6.45, 7) is 4.56. The zero-order chi connectivity index (χ0) is 44.1. The Morgan fingerprint density at radius 2 is 0.806 bits per heavy atom. The highest BCUT2D eigenvalue weighted by atomic mass is 19.3. The molecule has 8 aromatic rings. The topological polar surface area (TPSA) is 153 Å². The number of tetrazole rings is 2. The number of aryl methyl sites for hydroxylation is 3. The number of rotatable bonds is 12. The summed E-state index contributed by atoms with van der Waals surface area (Å²) >= 11 is 0. The first-order valence-corrected chi connectivity index (χ1v) is 19.1. The molecule has 17 heteroatoms. The predicted octanol–water partition coefficient (Wildman–Crippen LogP) is 7.89. The monoisotopic (exact) mass is 846 g/mol. The molecule has 0 aliphatic rings. The van der Waals surface area contributed by atoms with Gasteiger partial charge in [0.25, 0.3) is 0 Å². The van der Waals surface area contributed by atoms with Gasteiger partial charge in [-0.2, -0.15) is 17.6 Å². The fourth-order valence-electron chi connectivity index (χ4n) is 6.69. The number of benzene rings is 4. The second-order valence-electron chi connectivity index (χ2n) is 14.9. The van der Waals surface area contributed by atoms with Gasteiger partial charge in [-0.15, -0.1) is 10.2 Å². The van der Waals surface area contributed by atoms with E-state index in [1.165, 1.54) is 49.1 Å². The van der Waals surface area contributed by atoms with Crippen molar-refractivity contribution in [2.24, 2.45) is 0 Å². The Morgan fingerprint density at radius 1 is 0.468 bits per heavy atom. The standard InChI is InChI=1S/C23H21F2N5O.C22H18F3N5O/c1-16-3-7-18(8-4-16)19-9-12-21(26-13-19)23(24,25)22(31,14-30-15-27-28-29-30)20-10-5-17(2)6-11-20;1-15-2-4-16(5-3-15)17-6-11-20(26-12-17)22(24,25)21(31,13-30-14-27-28-29-30)18-7-9-19(23)10-8-18/h3-13,15,31H,14H2,1-2H3;2-12,14,31H,13H2,1H3/t22-;21-/m10/s1. The van der Waals surface area contributed by atoms with Crippen LogP contribution in [0.25, 0.3) is 22.3 Å². The Bertz CT molecular complexity index is 2480. The molecule has 4 aromatic heterocycles. The molecule has 8 rings (SSSR count). The number of pyridine rings is 2. The molecule has 62 heavy (non-hydrogen) atoms. The molecule has 12 nitrogen and oxygen atoms in total. The van der Waals surface area contributed by atoms with Gasteiger partial charge in [-0.25, -0.2) is 13.8 Å². The molecule has 0 saturated heterocycles. The zero-order valence-electron chi connectivity index (χ0n) is 33.5. The summed E-state index contributed by atoms with van der Waals surface area (Å²) in [6.07, 6.45) is 5.01. The quantitative estimate of drug-likeness (QED) is 0.116. The molecule has 2 atom stereocenters. The number of nitrogens with zero attached hydrogens (tertiary/aromatic N) is 10. The van der Waals surface area contributed by atoms with E-state index in [0.29, 0.717) is 11.1 Å². The van der Waals surface area contributed by atoms with Crippen molar-refractivity contribution in [1.29, 1.82) is 0 Å². The second-order valence-corrected chi connectivity index (χ2v) is 14.9. The fraction of sp³-hybridized carbons (Fsp3) is 0.200. The summed E-state index contributed by atoms with van der Waals surface area (Å²) in [5, 5.41) is 43.6. The lowest BCUT2D eigenvalue weighted by Crippen LogP contribution is -2.47. The predicted molar refractivity (Wildman–Crippen MR) is 218 cm³/mol. The number of hydrogen-bond acceptors (Lipinski definition) is 10. The Labute approximate surface area is 352 Å². The van der Waals surface area contributed by atoms with Crippen LogP contribution >= 0.6 is 0 Å². The molecule has 0 saturated carbocycles. The van der Waals surface area contributed by atoms with Gasteiger partial charge in [0.15, 0.2) is 11.2 Å². The molecule has 4 aromatic carbocycles. The van der Waals surface area contributed by atoms with Gasteiger partial charge in [-0.05, 0) is 88.1 Å². The van der Waals surface area contributed by atoms with Crippen molar-refractivity contribution >= 4 is 0 Å². The van der Waals surface area contributed by atoms with Gasteiger partial charge < -0.3 is 10.2 Å². The molecule has 2 N–H and O–H groups in total. The van der Waals surface area contributed by atoms with E-state index in [1.54, 1.807) is 18.2 Å². The molecule has 4 heterocycles. The molecule has 0 spiro atoms. The summed E-state index contributed by atoms with van der Waals surface area (Å²) in [6, 6.07) is 31.3. The van der Waals surface area contributed by atoms with E-state index in [-0.39, 0.29) is 11.1 Å². The molecular formula is C45H39F5N10O2. The van der Waals surface area contributed by atoms with Gasteiger partial charge >= 0.3 is 11.8 Å². The van der Waals surface area contributed by atoms with Crippen LogP contribution in [0, 0.1) is 26.6 Å². The highest BCUT2D eigenvalue weighted by molar-refractivity contribution is 5.63. The van der Waals surface area contributed by atoms with Crippen LogP contribution in [-0.4, -0.2) is 60.6 Å². The van der Waals surface area contributed by atoms with Crippen LogP contribution in [0.15, 0.2) is 146 Å². The van der Waals surface area contributed by atoms with E-state index in [9.17, 15) is 14.6 Å². The smallest absolute Gasteiger partial charge is 0.323 e. The van der Waals surface area contributed by atoms with Crippen LogP contribution < -0.4 is 0 Å². The van der Waals surface area contributed by atoms with E-state index >= 15 is 17.6 Å². The molecule has 0 bridgehead atoms. The van der Waals surface area contributed by atoms with Gasteiger partial charge in [0.1, 0.15) is 29.9 Å². The van der Waals surface area contributed by atoms with Crippen LogP contribution in [0.2, 0.25) is 0 Å². The van der Waals surface area contributed by atoms with E-state index in [4.69, 9.17) is 0 Å². The number of alkyl halides is 4. The first-order chi connectivity index (χ1) is 29.6. The summed E-state index contributed by atoms with van der Waals surface area (Å²) < 4.78 is 78.4. The maximum absolute atomic E-state index is 15.8. The molecule has 0 aliphatic carbocycles. The maximum atomic E-state index is 15.8. The van der Waals surface area contributed by atoms with E-state index in [1.807, 2.05) is 69.3 Å². The molecule has 0 amide bonds. The van der Waals surface area contributed by atoms with Crippen molar-refractivity contribution in [3.05, 3.63) is 191 Å². The van der Waals surface area contributed by atoms with Crippen molar-refractivity contribution in [3.8, 4) is 22.3 Å². The Morgan fingerprint density at radius 3 is 1.13 bits per heavy atom. The molecule has 0 fully saturated rings. The minimum absolute atomic E-state index is 0.0445. The molecule has 316 valence electrons. The third kappa shape index (κ3) is 8.84. The van der Waals surface area contributed by atoms with Crippen LogP contribution in [0.3, 0.4) is 0 Å². The van der Waals surface area contributed by atoms with Crippen LogP contribution in [0.1, 0.15) is 39.2 Å². The summed E-state index contributed by atoms with van der Waals surface area (Å²) in [5.74, 6) is -8.18. The lowest BCUT2D eigenvalue weighted by Gasteiger charge is -2.35. The maximum Gasteiger partial charge on any atom is 0.323 e. The number of hydrogen-bond donors (Lipinski definition) is 2. The van der Waals surface area contributed by atoms with Crippen molar-refractivity contribution in [1.82, 2.24) is 50.4 Å². The van der Waals surface area contributed by atoms with Crippen LogP contribution in [0.5, 0.6) is 0 Å². The third-order valence-electron chi connectivity index (χ3n) is 10.4. The van der Waals surface area contributed by atoms with Crippen LogP contribution in [-0.2, 0) is 36.1 Å². The highest BCUT2D eigenvalue weighted by Gasteiger charge is 2.58. The van der Waals surface area contributed by atoms with Crippen molar-refractivity contribution in [2.75, 3.05) is 0 Å². The van der Waals surface area contributed by atoms with Gasteiger partial charge in [0.2, 0.25) is 0 Å². The summed E-state index contributed by atoms with van der Waals surface area (Å²) in [7, 11) is 0. The minimum Gasteiger partial charge on any atom is -0.377 e. The van der Waals surface area contributed by atoms with Crippen LogP contribution in [0.4, 0.5) is 22.0 Å². The molecular weight excluding hydrogens is 808 g/mol. The van der Waals surface area contributed by atoms with Gasteiger partial charge in [-0.1, -0.05) is 114 Å². The lowest BCUT2D eigenvalue weighted by molar-refractivity contribution is -0.206. The number of aliphatic hydroxyl groups is 2. The SMILES string of the molecule is Cc1ccc(-c2ccc(C(F)(F)[C@@](O)(Cn3cnnn3)c3ccc(C)cc3)nc2)cc1.Cc1ccc(-c2ccc(C(F)(F)[C@](O)(Cn3cnnn3)c3ccc(F)cc3)nc2)cc1. The molecule has 0 aliphatic heterocycles. The zero-order valence-corrected chi connectivity index (χ0v) is 33.5. The Kier molecular flexibility index (Phi) is 12.1. The largest absolute Gasteiger partial charge is 0.377 e. The highest BCUT2D eigenvalue weighted by Crippen LogP contribution is 2.47. The average Bonchev–Trinajstić information content (AvgIpc) is 4.00. The Balaban J connectivity index is 0.000000186. The Hall–Kier alpha value is -7.11. The first-order valence-electron chi connectivity index (χ1n) is 19.1. The summed E-state index contributed by atoms with van der Waals surface area (Å²) in [4.78, 5) is 7.96. The number of aromatic nitrogens is 10. The molecule has 0 unspecified atom stereocenters. The van der Waals surface area contributed by atoms with Gasteiger partial charge in [-0.3, -0.25) is 9.97 Å². The van der Waals surface area contributed by atoms with Crippen molar-refractivity contribution in [2.45, 2.75) is 56.9 Å². The summed E-state index contributed by atoms with van der Waals surface area (Å²) in [5.41, 5.74) is -0.599. The molecule has 0 radical (unpaired) electrons. The van der Waals surface area contributed by atoms with E-state index in [0.717, 1.165) is 67.8 Å². The van der Waals surface area contributed by atoms with Crippen molar-refractivity contribution < 1.29 is 32.2 Å². The first kappa shape index (κ1) is 43.0. The minimum atomic E-state index is -3.84. The van der Waals surface area contributed by atoms with Crippen molar-refractivity contribution in [3.63, 3.8) is 0 Å². The lowest BCUT2D eigenvalue weighted by atomic mass is 9.84. The number of halogens is 5. The van der Waals surface area contributed by atoms with E-state index < -0.39 is 53.3 Å². The second kappa shape index (κ2) is 17.5. The third-order valence-corrected chi connectivity index (χ3v) is 10.4. The van der Waals surface area contributed by atoms with Gasteiger partial charge in [0.05, 0.1) is 13.1 Å².